The number of aliphatic hydroxyl groups is 1. The van der Waals surface area contributed by atoms with Gasteiger partial charge < -0.3 is 9.84 Å². The summed E-state index contributed by atoms with van der Waals surface area (Å²) in [4.78, 5) is 23.3. The molecule has 2 rings (SSSR count). The predicted molar refractivity (Wildman–Crippen MR) is 68.3 cm³/mol. The summed E-state index contributed by atoms with van der Waals surface area (Å²) in [6, 6.07) is 16.4. The van der Waals surface area contributed by atoms with Crippen LogP contribution in [-0.4, -0.2) is 17.0 Å². The molecule has 0 saturated heterocycles. The number of aliphatic hydroxyl groups excluding tert-OH is 1. The summed E-state index contributed by atoms with van der Waals surface area (Å²) < 4.78 is 4.62. The molecule has 0 bridgehead atoms. The van der Waals surface area contributed by atoms with Crippen LogP contribution in [0.25, 0.3) is 0 Å². The van der Waals surface area contributed by atoms with Gasteiger partial charge in [-0.3, -0.25) is 0 Å². The third-order valence-corrected chi connectivity index (χ3v) is 2.54. The van der Waals surface area contributed by atoms with Gasteiger partial charge in [-0.15, -0.1) is 0 Å². The molecular weight excluding hydrogens is 244 g/mol. The highest BCUT2D eigenvalue weighted by Crippen LogP contribution is 2.14. The van der Waals surface area contributed by atoms with Crippen molar-refractivity contribution in [3.05, 3.63) is 71.8 Å². The Balaban J connectivity index is 2.04. The summed E-state index contributed by atoms with van der Waals surface area (Å²) in [5.74, 6) is -1.76. The lowest BCUT2D eigenvalue weighted by Gasteiger charge is -2.09. The maximum absolute atomic E-state index is 11.6. The van der Waals surface area contributed by atoms with Crippen molar-refractivity contribution >= 4 is 11.9 Å². The Labute approximate surface area is 110 Å². The van der Waals surface area contributed by atoms with E-state index in [1.807, 2.05) is 0 Å². The average Bonchev–Trinajstić information content (AvgIpc) is 2.48. The fourth-order valence-electron chi connectivity index (χ4n) is 1.55. The Morgan fingerprint density at radius 3 is 2.00 bits per heavy atom. The van der Waals surface area contributed by atoms with Gasteiger partial charge in [0.15, 0.2) is 6.10 Å². The summed E-state index contributed by atoms with van der Waals surface area (Å²) in [6.45, 7) is 0. The highest BCUT2D eigenvalue weighted by molar-refractivity contribution is 5.97. The van der Waals surface area contributed by atoms with E-state index in [-0.39, 0.29) is 5.56 Å². The second-order valence-electron chi connectivity index (χ2n) is 3.89. The van der Waals surface area contributed by atoms with Crippen LogP contribution < -0.4 is 0 Å². The van der Waals surface area contributed by atoms with Crippen molar-refractivity contribution < 1.29 is 19.4 Å². The maximum atomic E-state index is 11.6. The molecule has 2 aromatic carbocycles. The van der Waals surface area contributed by atoms with Crippen LogP contribution in [-0.2, 0) is 9.53 Å². The molecule has 1 N–H and O–H groups in total. The Kier molecular flexibility index (Phi) is 4.05. The minimum atomic E-state index is -1.46. The summed E-state index contributed by atoms with van der Waals surface area (Å²) in [7, 11) is 0. The van der Waals surface area contributed by atoms with E-state index in [1.165, 1.54) is 12.1 Å². The van der Waals surface area contributed by atoms with E-state index in [1.54, 1.807) is 48.5 Å². The van der Waals surface area contributed by atoms with Gasteiger partial charge in [0.05, 0.1) is 5.56 Å². The van der Waals surface area contributed by atoms with Crippen LogP contribution >= 0.6 is 0 Å². The lowest BCUT2D eigenvalue weighted by molar-refractivity contribution is -0.147. The van der Waals surface area contributed by atoms with Gasteiger partial charge in [0.2, 0.25) is 0 Å². The first-order chi connectivity index (χ1) is 9.18. The molecule has 4 heteroatoms. The predicted octanol–water partition coefficient (Wildman–Crippen LogP) is 2.10. The molecule has 0 amide bonds. The first-order valence-corrected chi connectivity index (χ1v) is 5.72. The Morgan fingerprint density at radius 2 is 1.42 bits per heavy atom. The second kappa shape index (κ2) is 5.93. The van der Waals surface area contributed by atoms with E-state index in [0.717, 1.165) is 0 Å². The first kappa shape index (κ1) is 13.0. The fourth-order valence-corrected chi connectivity index (χ4v) is 1.55. The molecule has 0 radical (unpaired) electrons. The first-order valence-electron chi connectivity index (χ1n) is 5.72. The van der Waals surface area contributed by atoms with E-state index < -0.39 is 18.0 Å². The molecule has 19 heavy (non-hydrogen) atoms. The summed E-state index contributed by atoms with van der Waals surface area (Å²) in [5, 5.41) is 9.76. The van der Waals surface area contributed by atoms with Gasteiger partial charge in [-0.2, -0.15) is 0 Å². The normalized spacial score (nSPS) is 11.6. The molecule has 1 atom stereocenters. The van der Waals surface area contributed by atoms with E-state index in [0.29, 0.717) is 5.56 Å². The van der Waals surface area contributed by atoms with Gasteiger partial charge in [0.1, 0.15) is 0 Å². The number of ether oxygens (including phenoxy) is 1. The summed E-state index contributed by atoms with van der Waals surface area (Å²) in [5.41, 5.74) is 0.643. The SMILES string of the molecule is O=C(OC(=O)[C@@H](O)c1ccccc1)c1ccccc1. The summed E-state index contributed by atoms with van der Waals surface area (Å²) >= 11 is 0. The molecule has 0 aromatic heterocycles. The molecule has 0 saturated carbocycles. The number of hydrogen-bond acceptors (Lipinski definition) is 4. The molecular formula is C15H12O4. The maximum Gasteiger partial charge on any atom is 0.347 e. The number of esters is 2. The van der Waals surface area contributed by atoms with Gasteiger partial charge in [-0.05, 0) is 17.7 Å². The van der Waals surface area contributed by atoms with E-state index in [4.69, 9.17) is 0 Å². The molecule has 4 nitrogen and oxygen atoms in total. The molecule has 0 aliphatic rings. The lowest BCUT2D eigenvalue weighted by Crippen LogP contribution is -2.19. The van der Waals surface area contributed by atoms with Crippen LogP contribution in [0.2, 0.25) is 0 Å². The zero-order valence-electron chi connectivity index (χ0n) is 10.0. The molecule has 2 aromatic rings. The fraction of sp³-hybridized carbons (Fsp3) is 0.0667. The Bertz CT molecular complexity index is 563. The molecule has 0 spiro atoms. The summed E-state index contributed by atoms with van der Waals surface area (Å²) in [6.07, 6.45) is -1.46. The van der Waals surface area contributed by atoms with Crippen molar-refractivity contribution in [3.8, 4) is 0 Å². The second-order valence-corrected chi connectivity index (χ2v) is 3.89. The quantitative estimate of drug-likeness (QED) is 0.674. The van der Waals surface area contributed by atoms with Crippen molar-refractivity contribution in [1.82, 2.24) is 0 Å². The van der Waals surface area contributed by atoms with Crippen molar-refractivity contribution in [3.63, 3.8) is 0 Å². The van der Waals surface area contributed by atoms with E-state index >= 15 is 0 Å². The topological polar surface area (TPSA) is 63.6 Å². The van der Waals surface area contributed by atoms with Crippen molar-refractivity contribution in [2.24, 2.45) is 0 Å². The van der Waals surface area contributed by atoms with Crippen LogP contribution in [0.1, 0.15) is 22.0 Å². The van der Waals surface area contributed by atoms with Crippen molar-refractivity contribution in [1.29, 1.82) is 0 Å². The zero-order valence-corrected chi connectivity index (χ0v) is 10.0. The number of carbonyl (C=O) groups is 2. The molecule has 0 heterocycles. The number of carbonyl (C=O) groups excluding carboxylic acids is 2. The van der Waals surface area contributed by atoms with Crippen LogP contribution in [0.5, 0.6) is 0 Å². The highest BCUT2D eigenvalue weighted by Gasteiger charge is 2.22. The van der Waals surface area contributed by atoms with Crippen LogP contribution in [0, 0.1) is 0 Å². The molecule has 0 fully saturated rings. The lowest BCUT2D eigenvalue weighted by atomic mass is 10.1. The monoisotopic (exact) mass is 256 g/mol. The smallest absolute Gasteiger partial charge is 0.347 e. The molecule has 0 unspecified atom stereocenters. The van der Waals surface area contributed by atoms with Crippen molar-refractivity contribution in [2.45, 2.75) is 6.10 Å². The third kappa shape index (κ3) is 3.26. The minimum absolute atomic E-state index is 0.260. The standard InChI is InChI=1S/C15H12O4/c16-13(11-7-3-1-4-8-11)15(18)19-14(17)12-9-5-2-6-10-12/h1-10,13,16H/t13-/m0/s1. The van der Waals surface area contributed by atoms with Gasteiger partial charge in [0, 0.05) is 0 Å². The van der Waals surface area contributed by atoms with Crippen molar-refractivity contribution in [2.75, 3.05) is 0 Å². The van der Waals surface area contributed by atoms with E-state index in [2.05, 4.69) is 4.74 Å². The molecule has 0 aliphatic carbocycles. The van der Waals surface area contributed by atoms with E-state index in [9.17, 15) is 14.7 Å². The molecule has 0 aliphatic heterocycles. The minimum Gasteiger partial charge on any atom is -0.387 e. The highest BCUT2D eigenvalue weighted by atomic mass is 16.6. The van der Waals surface area contributed by atoms with Crippen LogP contribution in [0.3, 0.4) is 0 Å². The zero-order chi connectivity index (χ0) is 13.7. The number of rotatable bonds is 3. The Morgan fingerprint density at radius 1 is 0.895 bits per heavy atom. The average molecular weight is 256 g/mol. The van der Waals surface area contributed by atoms with Gasteiger partial charge >= 0.3 is 11.9 Å². The largest absolute Gasteiger partial charge is 0.387 e. The number of benzene rings is 2. The van der Waals surface area contributed by atoms with Gasteiger partial charge in [0.25, 0.3) is 0 Å². The molecule has 96 valence electrons. The van der Waals surface area contributed by atoms with Gasteiger partial charge in [-0.25, -0.2) is 9.59 Å². The number of hydrogen-bond donors (Lipinski definition) is 1. The third-order valence-electron chi connectivity index (χ3n) is 2.54. The van der Waals surface area contributed by atoms with Crippen LogP contribution in [0.15, 0.2) is 60.7 Å². The Hall–Kier alpha value is -2.46. The van der Waals surface area contributed by atoms with Crippen LogP contribution in [0.4, 0.5) is 0 Å². The van der Waals surface area contributed by atoms with Gasteiger partial charge in [-0.1, -0.05) is 48.5 Å².